The molecule has 1 aliphatic rings. The van der Waals surface area contributed by atoms with Gasteiger partial charge in [-0.3, -0.25) is 4.90 Å². The van der Waals surface area contributed by atoms with E-state index < -0.39 is 0 Å². The fourth-order valence-corrected chi connectivity index (χ4v) is 3.66. The van der Waals surface area contributed by atoms with Gasteiger partial charge < -0.3 is 25.2 Å². The van der Waals surface area contributed by atoms with E-state index in [1.807, 2.05) is 35.2 Å². The molecule has 1 saturated heterocycles. The zero-order valence-corrected chi connectivity index (χ0v) is 19.3. The fraction of sp³-hybridized carbons (Fsp3) is 0.500. The molecule has 0 aliphatic carbocycles. The Kier molecular flexibility index (Phi) is 10.8. The van der Waals surface area contributed by atoms with Gasteiger partial charge >= 0.3 is 6.09 Å². The van der Waals surface area contributed by atoms with Crippen LogP contribution >= 0.6 is 0 Å². The van der Waals surface area contributed by atoms with Crippen LogP contribution in [0.1, 0.15) is 32.8 Å². The Morgan fingerprint density at radius 1 is 1.16 bits per heavy atom. The van der Waals surface area contributed by atoms with Crippen LogP contribution in [-0.2, 0) is 11.3 Å². The van der Waals surface area contributed by atoms with Gasteiger partial charge in [-0.2, -0.15) is 0 Å². The van der Waals surface area contributed by atoms with Crippen LogP contribution in [0.5, 0.6) is 5.88 Å². The third kappa shape index (κ3) is 8.36. The smallest absolute Gasteiger partial charge is 0.410 e. The minimum Gasteiger partial charge on any atom is -0.478 e. The van der Waals surface area contributed by atoms with Gasteiger partial charge in [0.15, 0.2) is 0 Å². The van der Waals surface area contributed by atoms with E-state index in [9.17, 15) is 4.79 Å². The SMILES string of the molecule is CCO.C[C@@H]1CN(C(=O)OCc2ccccc2)C[C@H](C)N1CCCOc1ccc(N)cn1. The number of nitrogens with zero attached hydrogens (tertiary/aromatic N) is 3. The van der Waals surface area contributed by atoms with Gasteiger partial charge in [-0.1, -0.05) is 30.3 Å². The van der Waals surface area contributed by atoms with Crippen molar-refractivity contribution in [3.05, 3.63) is 54.2 Å². The Hall–Kier alpha value is -2.84. The predicted molar refractivity (Wildman–Crippen MR) is 125 cm³/mol. The van der Waals surface area contributed by atoms with Gasteiger partial charge in [0.05, 0.1) is 18.5 Å². The number of aromatic nitrogens is 1. The van der Waals surface area contributed by atoms with Crippen LogP contribution in [0, 0.1) is 0 Å². The number of hydrogen-bond acceptors (Lipinski definition) is 7. The summed E-state index contributed by atoms with van der Waals surface area (Å²) in [5.74, 6) is 0.589. The predicted octanol–water partition coefficient (Wildman–Crippen LogP) is 3.16. The Morgan fingerprint density at radius 2 is 1.81 bits per heavy atom. The summed E-state index contributed by atoms with van der Waals surface area (Å²) in [5.41, 5.74) is 7.25. The number of pyridine rings is 1. The van der Waals surface area contributed by atoms with E-state index in [2.05, 4.69) is 23.7 Å². The van der Waals surface area contributed by atoms with Crippen molar-refractivity contribution in [1.29, 1.82) is 0 Å². The van der Waals surface area contributed by atoms with Gasteiger partial charge in [0.25, 0.3) is 0 Å². The molecule has 8 nitrogen and oxygen atoms in total. The van der Waals surface area contributed by atoms with Crippen LogP contribution in [-0.4, -0.2) is 70.9 Å². The summed E-state index contributed by atoms with van der Waals surface area (Å²) >= 11 is 0. The molecule has 32 heavy (non-hydrogen) atoms. The minimum absolute atomic E-state index is 0.245. The first-order chi connectivity index (χ1) is 15.4. The number of carbonyl (C=O) groups excluding carboxylic acids is 1. The molecular formula is C24H36N4O4. The fourth-order valence-electron chi connectivity index (χ4n) is 3.66. The second kappa shape index (κ2) is 13.5. The molecule has 1 aromatic carbocycles. The molecule has 0 bridgehead atoms. The lowest BCUT2D eigenvalue weighted by molar-refractivity contribution is 0.0229. The highest BCUT2D eigenvalue weighted by molar-refractivity contribution is 5.68. The van der Waals surface area contributed by atoms with E-state index in [0.717, 1.165) is 18.5 Å². The molecule has 0 unspecified atom stereocenters. The van der Waals surface area contributed by atoms with Crippen molar-refractivity contribution < 1.29 is 19.4 Å². The lowest BCUT2D eigenvalue weighted by Gasteiger charge is -2.44. The molecule has 1 fully saturated rings. The number of rotatable bonds is 7. The number of aliphatic hydroxyl groups excluding tert-OH is 1. The number of carbonyl (C=O) groups is 1. The lowest BCUT2D eigenvalue weighted by Crippen LogP contribution is -2.58. The van der Waals surface area contributed by atoms with Gasteiger partial charge in [-0.25, -0.2) is 9.78 Å². The van der Waals surface area contributed by atoms with Gasteiger partial charge in [0.2, 0.25) is 5.88 Å². The van der Waals surface area contributed by atoms with E-state index in [0.29, 0.717) is 37.9 Å². The minimum atomic E-state index is -0.245. The summed E-state index contributed by atoms with van der Waals surface area (Å²) in [4.78, 5) is 20.8. The quantitative estimate of drug-likeness (QED) is 0.633. The molecule has 2 atom stereocenters. The van der Waals surface area contributed by atoms with Crippen LogP contribution in [0.2, 0.25) is 0 Å². The van der Waals surface area contributed by atoms with Crippen LogP contribution < -0.4 is 10.5 Å². The maximum Gasteiger partial charge on any atom is 0.410 e. The maximum atomic E-state index is 12.5. The molecule has 8 heteroatoms. The van der Waals surface area contributed by atoms with Crippen LogP contribution in [0.15, 0.2) is 48.7 Å². The maximum absolute atomic E-state index is 12.5. The number of anilines is 1. The number of nitrogen functional groups attached to an aromatic ring is 1. The molecule has 0 radical (unpaired) electrons. The van der Waals surface area contributed by atoms with E-state index >= 15 is 0 Å². The molecule has 2 aromatic rings. The Morgan fingerprint density at radius 3 is 2.41 bits per heavy atom. The standard InChI is InChI=1S/C22H30N4O3.C2H6O/c1-17-14-25(22(27)29-16-19-7-4-3-5-8-19)15-18(2)26(17)11-6-12-28-21-10-9-20(23)13-24-21;1-2-3/h3-5,7-10,13,17-18H,6,11-12,14-16,23H2,1-2H3;3H,2H2,1H3/t17-,18+;. The van der Waals surface area contributed by atoms with Crippen molar-refractivity contribution in [3.63, 3.8) is 0 Å². The summed E-state index contributed by atoms with van der Waals surface area (Å²) in [7, 11) is 0. The normalized spacial score (nSPS) is 18.4. The number of hydrogen-bond donors (Lipinski definition) is 2. The van der Waals surface area contributed by atoms with Crippen molar-refractivity contribution in [2.75, 3.05) is 38.6 Å². The Balaban J connectivity index is 0.00000114. The Bertz CT molecular complexity index is 776. The summed E-state index contributed by atoms with van der Waals surface area (Å²) in [5, 5.41) is 7.57. The molecule has 3 rings (SSSR count). The zero-order chi connectivity index (χ0) is 23.3. The number of ether oxygens (including phenoxy) is 2. The molecular weight excluding hydrogens is 408 g/mol. The third-order valence-electron chi connectivity index (χ3n) is 5.13. The largest absolute Gasteiger partial charge is 0.478 e. The number of piperazine rings is 1. The van der Waals surface area contributed by atoms with Gasteiger partial charge in [-0.05, 0) is 38.8 Å². The average molecular weight is 445 g/mol. The third-order valence-corrected chi connectivity index (χ3v) is 5.13. The average Bonchev–Trinajstić information content (AvgIpc) is 2.78. The first kappa shape index (κ1) is 25.4. The number of nitrogens with two attached hydrogens (primary N) is 1. The summed E-state index contributed by atoms with van der Waals surface area (Å²) in [6, 6.07) is 13.8. The summed E-state index contributed by atoms with van der Waals surface area (Å²) in [6.45, 7) is 9.36. The summed E-state index contributed by atoms with van der Waals surface area (Å²) in [6.07, 6.45) is 2.24. The molecule has 0 spiro atoms. The van der Waals surface area contributed by atoms with Crippen molar-refractivity contribution in [2.45, 2.75) is 45.9 Å². The van der Waals surface area contributed by atoms with Gasteiger partial charge in [0.1, 0.15) is 6.61 Å². The highest BCUT2D eigenvalue weighted by Crippen LogP contribution is 2.18. The number of aliphatic hydroxyl groups is 1. The number of amides is 1. The van der Waals surface area contributed by atoms with E-state index in [4.69, 9.17) is 20.3 Å². The molecule has 176 valence electrons. The molecule has 3 N–H and O–H groups in total. The highest BCUT2D eigenvalue weighted by Gasteiger charge is 2.32. The summed E-state index contributed by atoms with van der Waals surface area (Å²) < 4.78 is 11.2. The van der Waals surface area contributed by atoms with E-state index in [1.165, 1.54) is 0 Å². The zero-order valence-electron chi connectivity index (χ0n) is 19.3. The van der Waals surface area contributed by atoms with Crippen molar-refractivity contribution in [3.8, 4) is 5.88 Å². The second-order valence-electron chi connectivity index (χ2n) is 7.83. The van der Waals surface area contributed by atoms with Crippen molar-refractivity contribution in [1.82, 2.24) is 14.8 Å². The number of benzene rings is 1. The van der Waals surface area contributed by atoms with E-state index in [-0.39, 0.29) is 24.8 Å². The molecule has 1 aromatic heterocycles. The van der Waals surface area contributed by atoms with Crippen LogP contribution in [0.4, 0.5) is 10.5 Å². The van der Waals surface area contributed by atoms with Gasteiger partial charge in [-0.15, -0.1) is 0 Å². The highest BCUT2D eigenvalue weighted by atomic mass is 16.6. The van der Waals surface area contributed by atoms with Crippen molar-refractivity contribution in [2.24, 2.45) is 0 Å². The van der Waals surface area contributed by atoms with Crippen LogP contribution in [0.3, 0.4) is 0 Å². The first-order valence-corrected chi connectivity index (χ1v) is 11.1. The van der Waals surface area contributed by atoms with Gasteiger partial charge in [0, 0.05) is 44.4 Å². The topological polar surface area (TPSA) is 101 Å². The molecule has 1 amide bonds. The monoisotopic (exact) mass is 444 g/mol. The molecule has 0 saturated carbocycles. The van der Waals surface area contributed by atoms with Crippen molar-refractivity contribution >= 4 is 11.8 Å². The van der Waals surface area contributed by atoms with E-state index in [1.54, 1.807) is 25.3 Å². The lowest BCUT2D eigenvalue weighted by atomic mass is 10.1. The van der Waals surface area contributed by atoms with Crippen LogP contribution in [0.25, 0.3) is 0 Å². The molecule has 2 heterocycles. The Labute approximate surface area is 190 Å². The second-order valence-corrected chi connectivity index (χ2v) is 7.83. The molecule has 1 aliphatic heterocycles. The first-order valence-electron chi connectivity index (χ1n) is 11.1.